The predicted molar refractivity (Wildman–Crippen MR) is 95.5 cm³/mol. The molecule has 1 aromatic carbocycles. The summed E-state index contributed by atoms with van der Waals surface area (Å²) in [7, 11) is 1.64. The van der Waals surface area contributed by atoms with Crippen LogP contribution in [0.3, 0.4) is 0 Å². The van der Waals surface area contributed by atoms with Gasteiger partial charge in [-0.1, -0.05) is 13.8 Å². The monoisotopic (exact) mass is 328 g/mol. The van der Waals surface area contributed by atoms with Crippen molar-refractivity contribution in [2.24, 2.45) is 5.92 Å². The molecular weight excluding hydrogens is 308 g/mol. The first-order valence-corrected chi connectivity index (χ1v) is 8.55. The van der Waals surface area contributed by atoms with Gasteiger partial charge in [0.1, 0.15) is 10.6 Å². The van der Waals surface area contributed by atoms with E-state index in [-0.39, 0.29) is 5.91 Å². The van der Waals surface area contributed by atoms with E-state index in [1.54, 1.807) is 7.11 Å². The Balaban J connectivity index is 1.88. The zero-order valence-electron chi connectivity index (χ0n) is 13.6. The van der Waals surface area contributed by atoms with Crippen molar-refractivity contribution >= 4 is 38.4 Å². The molecule has 0 aliphatic rings. The van der Waals surface area contributed by atoms with Crippen LogP contribution in [-0.4, -0.2) is 24.5 Å². The van der Waals surface area contributed by atoms with Crippen LogP contribution < -0.4 is 10.1 Å². The largest absolute Gasteiger partial charge is 0.497 e. The first-order chi connectivity index (χ1) is 11.1. The van der Waals surface area contributed by atoms with Crippen molar-refractivity contribution in [2.75, 3.05) is 13.7 Å². The Bertz CT molecular complexity index is 855. The Morgan fingerprint density at radius 1 is 1.26 bits per heavy atom. The summed E-state index contributed by atoms with van der Waals surface area (Å²) in [4.78, 5) is 18.5. The van der Waals surface area contributed by atoms with Crippen molar-refractivity contribution in [1.29, 1.82) is 0 Å². The second-order valence-corrected chi connectivity index (χ2v) is 7.02. The number of carbonyl (C=O) groups is 1. The first kappa shape index (κ1) is 15.7. The van der Waals surface area contributed by atoms with E-state index in [0.717, 1.165) is 33.3 Å². The summed E-state index contributed by atoms with van der Waals surface area (Å²) in [5.41, 5.74) is 0.880. The molecule has 1 N–H and O–H groups in total. The van der Waals surface area contributed by atoms with Crippen LogP contribution in [0.15, 0.2) is 30.3 Å². The molecule has 23 heavy (non-hydrogen) atoms. The van der Waals surface area contributed by atoms with Gasteiger partial charge in [0.2, 0.25) is 0 Å². The third-order valence-electron chi connectivity index (χ3n) is 3.74. The van der Waals surface area contributed by atoms with E-state index in [2.05, 4.69) is 30.2 Å². The van der Waals surface area contributed by atoms with Gasteiger partial charge < -0.3 is 10.1 Å². The summed E-state index contributed by atoms with van der Waals surface area (Å²) in [6.07, 6.45) is 0.985. The Labute approximate surface area is 139 Å². The Hall–Kier alpha value is -2.14. The van der Waals surface area contributed by atoms with E-state index in [1.165, 1.54) is 11.3 Å². The van der Waals surface area contributed by atoms with Crippen LogP contribution in [0.1, 0.15) is 29.9 Å². The van der Waals surface area contributed by atoms with Gasteiger partial charge in [-0.05, 0) is 36.6 Å². The zero-order chi connectivity index (χ0) is 16.4. The molecule has 0 fully saturated rings. The SMILES string of the molecule is COc1ccc2cc3cc(C(=O)NCCC(C)C)sc3nc2c1. The third kappa shape index (κ3) is 3.45. The standard InChI is InChI=1S/C18H20N2O2S/c1-11(2)6-7-19-17(21)16-9-13-8-12-4-5-14(22-3)10-15(12)20-18(13)23-16/h4-5,8-11H,6-7H2,1-3H3,(H,19,21). The number of nitrogens with zero attached hydrogens (tertiary/aromatic N) is 1. The van der Waals surface area contributed by atoms with E-state index in [0.29, 0.717) is 17.3 Å². The highest BCUT2D eigenvalue weighted by Gasteiger charge is 2.12. The molecule has 0 spiro atoms. The maximum Gasteiger partial charge on any atom is 0.261 e. The summed E-state index contributed by atoms with van der Waals surface area (Å²) < 4.78 is 5.24. The van der Waals surface area contributed by atoms with Gasteiger partial charge in [-0.25, -0.2) is 4.98 Å². The van der Waals surface area contributed by atoms with Crippen LogP contribution in [0.4, 0.5) is 0 Å². The maximum atomic E-state index is 12.2. The van der Waals surface area contributed by atoms with Crippen molar-refractivity contribution in [1.82, 2.24) is 10.3 Å². The Morgan fingerprint density at radius 3 is 2.83 bits per heavy atom. The number of nitrogens with one attached hydrogen (secondary N) is 1. The number of thiophene rings is 1. The maximum absolute atomic E-state index is 12.2. The van der Waals surface area contributed by atoms with E-state index >= 15 is 0 Å². The average Bonchev–Trinajstić information content (AvgIpc) is 2.94. The number of hydrogen-bond acceptors (Lipinski definition) is 4. The number of amides is 1. The van der Waals surface area contributed by atoms with Crippen LogP contribution in [-0.2, 0) is 0 Å². The highest BCUT2D eigenvalue weighted by atomic mass is 32.1. The molecule has 3 aromatic rings. The molecule has 5 heteroatoms. The number of rotatable bonds is 5. The molecule has 0 radical (unpaired) electrons. The summed E-state index contributed by atoms with van der Waals surface area (Å²) in [5.74, 6) is 1.35. The molecule has 4 nitrogen and oxygen atoms in total. The second kappa shape index (κ2) is 6.54. The van der Waals surface area contributed by atoms with Gasteiger partial charge in [0.05, 0.1) is 17.5 Å². The summed E-state index contributed by atoms with van der Waals surface area (Å²) in [6, 6.07) is 9.80. The molecule has 0 bridgehead atoms. The molecule has 0 saturated carbocycles. The number of ether oxygens (including phenoxy) is 1. The molecule has 0 atom stereocenters. The molecule has 0 aliphatic carbocycles. The van der Waals surface area contributed by atoms with E-state index in [1.807, 2.05) is 24.3 Å². The molecule has 3 rings (SSSR count). The van der Waals surface area contributed by atoms with Crippen LogP contribution in [0.2, 0.25) is 0 Å². The van der Waals surface area contributed by atoms with Crippen molar-refractivity contribution < 1.29 is 9.53 Å². The van der Waals surface area contributed by atoms with Gasteiger partial charge in [-0.15, -0.1) is 11.3 Å². The highest BCUT2D eigenvalue weighted by Crippen LogP contribution is 2.29. The molecule has 1 amide bonds. The fourth-order valence-electron chi connectivity index (χ4n) is 2.41. The zero-order valence-corrected chi connectivity index (χ0v) is 14.4. The number of methoxy groups -OCH3 is 1. The lowest BCUT2D eigenvalue weighted by molar-refractivity contribution is 0.0956. The number of carbonyl (C=O) groups excluding carboxylic acids is 1. The predicted octanol–water partition coefficient (Wildman–Crippen LogP) is 4.23. The third-order valence-corrected chi connectivity index (χ3v) is 4.79. The molecular formula is C18H20N2O2S. The summed E-state index contributed by atoms with van der Waals surface area (Å²) >= 11 is 1.43. The van der Waals surface area contributed by atoms with Crippen LogP contribution in [0, 0.1) is 5.92 Å². The normalized spacial score (nSPS) is 11.3. The fourth-order valence-corrected chi connectivity index (χ4v) is 3.34. The molecule has 2 heterocycles. The lowest BCUT2D eigenvalue weighted by Gasteiger charge is -2.05. The Kier molecular flexibility index (Phi) is 4.48. The average molecular weight is 328 g/mol. The minimum absolute atomic E-state index is 0.0183. The summed E-state index contributed by atoms with van der Waals surface area (Å²) in [6.45, 7) is 5.00. The molecule has 0 aliphatic heterocycles. The first-order valence-electron chi connectivity index (χ1n) is 7.73. The van der Waals surface area contributed by atoms with Crippen LogP contribution >= 0.6 is 11.3 Å². The van der Waals surface area contributed by atoms with Gasteiger partial charge in [0, 0.05) is 23.4 Å². The van der Waals surface area contributed by atoms with Crippen LogP contribution in [0.5, 0.6) is 5.75 Å². The Morgan fingerprint density at radius 2 is 2.09 bits per heavy atom. The minimum atomic E-state index is -0.0183. The minimum Gasteiger partial charge on any atom is -0.497 e. The van der Waals surface area contributed by atoms with Gasteiger partial charge in [-0.2, -0.15) is 0 Å². The van der Waals surface area contributed by atoms with Crippen molar-refractivity contribution in [3.8, 4) is 5.75 Å². The number of fused-ring (bicyclic) bond motifs is 2. The number of aromatic nitrogens is 1. The van der Waals surface area contributed by atoms with Crippen molar-refractivity contribution in [3.63, 3.8) is 0 Å². The number of pyridine rings is 1. The summed E-state index contributed by atoms with van der Waals surface area (Å²) in [5, 5.41) is 5.02. The smallest absolute Gasteiger partial charge is 0.261 e. The highest BCUT2D eigenvalue weighted by molar-refractivity contribution is 7.20. The lowest BCUT2D eigenvalue weighted by Crippen LogP contribution is -2.24. The van der Waals surface area contributed by atoms with Gasteiger partial charge in [0.15, 0.2) is 0 Å². The van der Waals surface area contributed by atoms with Crippen molar-refractivity contribution in [2.45, 2.75) is 20.3 Å². The molecule has 120 valence electrons. The lowest BCUT2D eigenvalue weighted by atomic mass is 10.1. The van der Waals surface area contributed by atoms with E-state index in [9.17, 15) is 4.79 Å². The molecule has 0 unspecified atom stereocenters. The number of hydrogen-bond donors (Lipinski definition) is 1. The number of benzene rings is 1. The van der Waals surface area contributed by atoms with Gasteiger partial charge in [-0.3, -0.25) is 4.79 Å². The quantitative estimate of drug-likeness (QED) is 0.762. The van der Waals surface area contributed by atoms with Crippen molar-refractivity contribution in [3.05, 3.63) is 35.2 Å². The topological polar surface area (TPSA) is 51.2 Å². The van der Waals surface area contributed by atoms with E-state index in [4.69, 9.17) is 4.74 Å². The van der Waals surface area contributed by atoms with Crippen LogP contribution in [0.25, 0.3) is 21.1 Å². The van der Waals surface area contributed by atoms with Gasteiger partial charge in [0.25, 0.3) is 5.91 Å². The molecule has 2 aromatic heterocycles. The fraction of sp³-hybridized carbons (Fsp3) is 0.333. The molecule has 0 saturated heterocycles. The second-order valence-electron chi connectivity index (χ2n) is 5.99. The van der Waals surface area contributed by atoms with Gasteiger partial charge >= 0.3 is 0 Å². The van der Waals surface area contributed by atoms with E-state index < -0.39 is 0 Å².